The molecular weight excluding hydrogens is 284 g/mol. The fraction of sp³-hybridized carbons (Fsp3) is 0.0588. The number of hydrogen-bond donors (Lipinski definition) is 1. The summed E-state index contributed by atoms with van der Waals surface area (Å²) in [6.07, 6.45) is 1.11. The first-order chi connectivity index (χ1) is 10.6. The van der Waals surface area contributed by atoms with Gasteiger partial charge in [0, 0.05) is 11.6 Å². The van der Waals surface area contributed by atoms with Gasteiger partial charge in [0.15, 0.2) is 23.9 Å². The Morgan fingerprint density at radius 2 is 1.86 bits per heavy atom. The third-order valence-corrected chi connectivity index (χ3v) is 2.83. The summed E-state index contributed by atoms with van der Waals surface area (Å²) in [5.74, 6) is -0.684. The number of carbonyl (C=O) groups is 2. The minimum atomic E-state index is -0.333. The first-order valence-corrected chi connectivity index (χ1v) is 6.49. The van der Waals surface area contributed by atoms with Gasteiger partial charge in [-0.15, -0.1) is 0 Å². The second kappa shape index (κ2) is 7.19. The summed E-state index contributed by atoms with van der Waals surface area (Å²) < 4.78 is 0. The Bertz CT molecular complexity index is 691. The second-order valence-corrected chi connectivity index (χ2v) is 4.39. The Morgan fingerprint density at radius 3 is 2.50 bits per heavy atom. The summed E-state index contributed by atoms with van der Waals surface area (Å²) in [5.41, 5.74) is 0.625. The molecule has 0 saturated heterocycles. The van der Waals surface area contributed by atoms with E-state index >= 15 is 0 Å². The lowest BCUT2D eigenvalue weighted by atomic mass is 10.0. The average Bonchev–Trinajstić information content (AvgIpc) is 2.55. The molecule has 5 heteroatoms. The largest absolute Gasteiger partial charge is 0.507 e. The fourth-order valence-corrected chi connectivity index (χ4v) is 1.71. The number of phenolic OH excluding ortho intramolecular Hbond substituents is 1. The van der Waals surface area contributed by atoms with Gasteiger partial charge in [0.25, 0.3) is 0 Å². The van der Waals surface area contributed by atoms with Crippen molar-refractivity contribution < 1.29 is 24.5 Å². The van der Waals surface area contributed by atoms with E-state index in [2.05, 4.69) is 6.58 Å². The summed E-state index contributed by atoms with van der Waals surface area (Å²) in [6, 6.07) is 12.8. The van der Waals surface area contributed by atoms with Crippen molar-refractivity contribution in [1.29, 1.82) is 0 Å². The van der Waals surface area contributed by atoms with Crippen LogP contribution in [-0.4, -0.2) is 23.3 Å². The molecule has 0 atom stereocenters. The molecule has 2 aromatic rings. The standard InChI is InChI=1S/C17H14O5/c1-2-13(18)11-21-22-14-8-9-15(16(19)10-14)17(20)12-6-4-3-5-7-12/h2-10,19H,1,11H2. The van der Waals surface area contributed by atoms with Gasteiger partial charge in [-0.3, -0.25) is 9.59 Å². The summed E-state index contributed by atoms with van der Waals surface area (Å²) >= 11 is 0. The Morgan fingerprint density at radius 1 is 1.14 bits per heavy atom. The number of phenols is 1. The average molecular weight is 298 g/mol. The zero-order valence-corrected chi connectivity index (χ0v) is 11.7. The van der Waals surface area contributed by atoms with Crippen molar-refractivity contribution in [1.82, 2.24) is 0 Å². The molecule has 2 aromatic carbocycles. The minimum Gasteiger partial charge on any atom is -0.507 e. The van der Waals surface area contributed by atoms with Gasteiger partial charge in [-0.05, 0) is 18.2 Å². The summed E-state index contributed by atoms with van der Waals surface area (Å²) in [7, 11) is 0. The number of carbonyl (C=O) groups excluding carboxylic acids is 2. The van der Waals surface area contributed by atoms with E-state index in [0.717, 1.165) is 6.08 Å². The molecule has 112 valence electrons. The van der Waals surface area contributed by atoms with Crippen molar-refractivity contribution in [2.75, 3.05) is 6.61 Å². The van der Waals surface area contributed by atoms with Gasteiger partial charge in [0.2, 0.25) is 0 Å². The van der Waals surface area contributed by atoms with Gasteiger partial charge in [-0.2, -0.15) is 4.89 Å². The van der Waals surface area contributed by atoms with Gasteiger partial charge < -0.3 is 9.99 Å². The maximum absolute atomic E-state index is 12.2. The van der Waals surface area contributed by atoms with E-state index in [1.165, 1.54) is 18.2 Å². The first-order valence-electron chi connectivity index (χ1n) is 6.49. The second-order valence-electron chi connectivity index (χ2n) is 4.39. The summed E-state index contributed by atoms with van der Waals surface area (Å²) in [5, 5.41) is 9.94. The quantitative estimate of drug-likeness (QED) is 0.368. The molecule has 0 aliphatic heterocycles. The van der Waals surface area contributed by atoms with E-state index in [4.69, 9.17) is 9.78 Å². The van der Waals surface area contributed by atoms with E-state index in [9.17, 15) is 14.7 Å². The van der Waals surface area contributed by atoms with Gasteiger partial charge in [0.05, 0.1) is 5.56 Å². The number of hydrogen-bond acceptors (Lipinski definition) is 5. The molecule has 0 bridgehead atoms. The first kappa shape index (κ1) is 15.5. The molecule has 0 spiro atoms. The van der Waals surface area contributed by atoms with Crippen molar-refractivity contribution in [3.8, 4) is 11.5 Å². The lowest BCUT2D eigenvalue weighted by Gasteiger charge is -2.07. The SMILES string of the molecule is C=CC(=O)COOc1ccc(C(=O)c2ccccc2)c(O)c1. The molecular formula is C17H14O5. The van der Waals surface area contributed by atoms with E-state index in [1.807, 2.05) is 0 Å². The van der Waals surface area contributed by atoms with Crippen LogP contribution in [0.4, 0.5) is 0 Å². The van der Waals surface area contributed by atoms with Crippen LogP contribution in [-0.2, 0) is 9.68 Å². The number of rotatable bonds is 7. The van der Waals surface area contributed by atoms with Crippen LogP contribution < -0.4 is 4.89 Å². The molecule has 0 aromatic heterocycles. The van der Waals surface area contributed by atoms with E-state index in [0.29, 0.717) is 5.56 Å². The van der Waals surface area contributed by atoms with Crippen LogP contribution in [0.25, 0.3) is 0 Å². The van der Waals surface area contributed by atoms with Crippen molar-refractivity contribution in [2.45, 2.75) is 0 Å². The molecule has 22 heavy (non-hydrogen) atoms. The maximum atomic E-state index is 12.2. The lowest BCUT2D eigenvalue weighted by Crippen LogP contribution is -2.08. The van der Waals surface area contributed by atoms with Gasteiger partial charge in [-0.1, -0.05) is 36.9 Å². The molecule has 0 amide bonds. The third-order valence-electron chi connectivity index (χ3n) is 2.83. The fourth-order valence-electron chi connectivity index (χ4n) is 1.71. The van der Waals surface area contributed by atoms with Crippen molar-refractivity contribution in [2.24, 2.45) is 0 Å². The topological polar surface area (TPSA) is 72.8 Å². The van der Waals surface area contributed by atoms with Crippen LogP contribution in [0.1, 0.15) is 15.9 Å². The predicted molar refractivity (Wildman–Crippen MR) is 79.8 cm³/mol. The van der Waals surface area contributed by atoms with Crippen molar-refractivity contribution in [3.63, 3.8) is 0 Å². The van der Waals surface area contributed by atoms with Crippen LogP contribution >= 0.6 is 0 Å². The Balaban J connectivity index is 2.08. The molecule has 1 N–H and O–H groups in total. The summed E-state index contributed by atoms with van der Waals surface area (Å²) in [6.45, 7) is 3.01. The number of aromatic hydroxyl groups is 1. The minimum absolute atomic E-state index is 0.153. The molecule has 0 heterocycles. The van der Waals surface area contributed by atoms with Crippen LogP contribution in [0.3, 0.4) is 0 Å². The van der Waals surface area contributed by atoms with Crippen LogP contribution in [0, 0.1) is 0 Å². The molecule has 0 aliphatic carbocycles. The zero-order valence-electron chi connectivity index (χ0n) is 11.7. The highest BCUT2D eigenvalue weighted by Crippen LogP contribution is 2.26. The Hall–Kier alpha value is -2.92. The van der Waals surface area contributed by atoms with E-state index in [1.54, 1.807) is 30.3 Å². The monoisotopic (exact) mass is 298 g/mol. The Kier molecular flexibility index (Phi) is 5.06. The third kappa shape index (κ3) is 3.80. The molecule has 5 nitrogen and oxygen atoms in total. The van der Waals surface area contributed by atoms with Gasteiger partial charge in [-0.25, -0.2) is 0 Å². The highest BCUT2D eigenvalue weighted by atomic mass is 17.2. The highest BCUT2D eigenvalue weighted by Gasteiger charge is 2.14. The maximum Gasteiger partial charge on any atom is 0.196 e. The number of benzene rings is 2. The zero-order chi connectivity index (χ0) is 15.9. The Labute approximate surface area is 127 Å². The van der Waals surface area contributed by atoms with Crippen molar-refractivity contribution in [3.05, 3.63) is 72.3 Å². The molecule has 0 radical (unpaired) electrons. The van der Waals surface area contributed by atoms with E-state index < -0.39 is 0 Å². The van der Waals surface area contributed by atoms with Crippen LogP contribution in [0.15, 0.2) is 61.2 Å². The normalized spacial score (nSPS) is 10.0. The molecule has 0 unspecified atom stereocenters. The van der Waals surface area contributed by atoms with Crippen LogP contribution in [0.2, 0.25) is 0 Å². The molecule has 0 saturated carbocycles. The highest BCUT2D eigenvalue weighted by molar-refractivity contribution is 6.10. The molecule has 2 rings (SSSR count). The molecule has 0 aliphatic rings. The summed E-state index contributed by atoms with van der Waals surface area (Å²) in [4.78, 5) is 32.7. The van der Waals surface area contributed by atoms with Gasteiger partial charge >= 0.3 is 0 Å². The lowest BCUT2D eigenvalue weighted by molar-refractivity contribution is -0.204. The van der Waals surface area contributed by atoms with Crippen LogP contribution in [0.5, 0.6) is 11.5 Å². The number of ketones is 2. The van der Waals surface area contributed by atoms with Crippen molar-refractivity contribution >= 4 is 11.6 Å². The smallest absolute Gasteiger partial charge is 0.196 e. The van der Waals surface area contributed by atoms with E-state index in [-0.39, 0.29) is 35.2 Å². The molecule has 0 fully saturated rings. The predicted octanol–water partition coefficient (Wildman–Crippen LogP) is 2.69. The van der Waals surface area contributed by atoms with Gasteiger partial charge in [0.1, 0.15) is 5.75 Å².